The van der Waals surface area contributed by atoms with Crippen molar-refractivity contribution in [1.82, 2.24) is 0 Å². The summed E-state index contributed by atoms with van der Waals surface area (Å²) in [6.07, 6.45) is -1.64. The molecule has 0 aliphatic carbocycles. The molecule has 3 heteroatoms. The van der Waals surface area contributed by atoms with Crippen LogP contribution in [-0.2, 0) is 4.79 Å². The fourth-order valence-corrected chi connectivity index (χ4v) is 0.0527. The first kappa shape index (κ1) is 6.37. The molecule has 0 saturated heterocycles. The van der Waals surface area contributed by atoms with Crippen LogP contribution in [0.2, 0.25) is 0 Å². The highest BCUT2D eigenvalue weighted by Crippen LogP contribution is 1.87. The summed E-state index contributed by atoms with van der Waals surface area (Å²) in [4.78, 5) is 9.46. The van der Waals surface area contributed by atoms with Gasteiger partial charge in [0.25, 0.3) is 0 Å². The Balaban J connectivity index is 3.81. The van der Waals surface area contributed by atoms with Crippen LogP contribution in [0.5, 0.6) is 0 Å². The summed E-state index contributed by atoms with van der Waals surface area (Å²) >= 11 is 0. The van der Waals surface area contributed by atoms with Crippen LogP contribution < -0.4 is 0 Å². The lowest BCUT2D eigenvalue weighted by atomic mass is 10.3. The normalized spacial score (nSPS) is 8.57. The Hall–Kier alpha value is -0.630. The number of aliphatic hydroxyl groups excluding tert-OH is 1. The maximum Gasteiger partial charge on any atom is 0.184 e. The minimum absolute atomic E-state index is 0.0972. The van der Waals surface area contributed by atoms with E-state index >= 15 is 0 Å². The van der Waals surface area contributed by atoms with E-state index in [1.165, 1.54) is 12.9 Å². The molecule has 0 aliphatic rings. The molecule has 0 saturated carbocycles. The van der Waals surface area contributed by atoms with Gasteiger partial charge >= 0.3 is 0 Å². The fourth-order valence-electron chi connectivity index (χ4n) is 0.0527. The summed E-state index contributed by atoms with van der Waals surface area (Å²) in [6.45, 7) is 1.29. The number of hydrogen-bond donors (Lipinski definition) is 2. The van der Waals surface area contributed by atoms with E-state index in [0.717, 1.165) is 0 Å². The Kier molecular flexibility index (Phi) is 2.30. The highest BCUT2D eigenvalue weighted by atomic mass is 16.5. The van der Waals surface area contributed by atoms with Crippen molar-refractivity contribution >= 4 is 5.94 Å². The Morgan fingerprint density at radius 3 is 2.14 bits per heavy atom. The Labute approximate surface area is 40.9 Å². The van der Waals surface area contributed by atoms with Gasteiger partial charge in [-0.2, -0.15) is 0 Å². The first-order valence-electron chi connectivity index (χ1n) is 1.76. The molecular formula is C4H6O3. The van der Waals surface area contributed by atoms with Gasteiger partial charge < -0.3 is 10.2 Å². The van der Waals surface area contributed by atoms with Crippen molar-refractivity contribution < 1.29 is 15.0 Å². The van der Waals surface area contributed by atoms with Gasteiger partial charge in [-0.15, -0.1) is 0 Å². The predicted molar refractivity (Wildman–Crippen MR) is 23.1 cm³/mol. The SMILES string of the molecule is CC(=C=O)C(O)O. The Morgan fingerprint density at radius 2 is 2.14 bits per heavy atom. The summed E-state index contributed by atoms with van der Waals surface area (Å²) in [5.41, 5.74) is -0.0972. The van der Waals surface area contributed by atoms with Crippen molar-refractivity contribution in [3.8, 4) is 0 Å². The largest absolute Gasteiger partial charge is 0.364 e. The summed E-state index contributed by atoms with van der Waals surface area (Å²) in [6, 6.07) is 0. The van der Waals surface area contributed by atoms with Crippen LogP contribution in [0.1, 0.15) is 6.92 Å². The van der Waals surface area contributed by atoms with E-state index in [1.807, 2.05) is 0 Å². The van der Waals surface area contributed by atoms with Crippen molar-refractivity contribution in [2.45, 2.75) is 13.2 Å². The van der Waals surface area contributed by atoms with Gasteiger partial charge in [0.2, 0.25) is 0 Å². The molecule has 0 bridgehead atoms. The maximum atomic E-state index is 9.46. The third-order valence-electron chi connectivity index (χ3n) is 0.548. The third kappa shape index (κ3) is 2.11. The van der Waals surface area contributed by atoms with Gasteiger partial charge in [-0.1, -0.05) is 0 Å². The van der Waals surface area contributed by atoms with Crippen molar-refractivity contribution in [2.75, 3.05) is 0 Å². The van der Waals surface area contributed by atoms with E-state index < -0.39 is 6.29 Å². The second-order valence-corrected chi connectivity index (χ2v) is 1.16. The number of carbonyl (C=O) groups excluding carboxylic acids is 1. The zero-order chi connectivity index (χ0) is 5.86. The molecule has 0 radical (unpaired) electrons. The average Bonchev–Trinajstić information content (AvgIpc) is 1.65. The zero-order valence-electron chi connectivity index (χ0n) is 3.88. The van der Waals surface area contributed by atoms with Crippen LogP contribution >= 0.6 is 0 Å². The van der Waals surface area contributed by atoms with Crippen LogP contribution in [0.3, 0.4) is 0 Å². The second kappa shape index (κ2) is 2.53. The van der Waals surface area contributed by atoms with Crippen LogP contribution in [-0.4, -0.2) is 22.4 Å². The minimum atomic E-state index is -1.64. The molecule has 0 aromatic carbocycles. The molecule has 0 spiro atoms. The minimum Gasteiger partial charge on any atom is -0.364 e. The standard InChI is InChI=1S/C4H6O3/c1-3(2-5)4(6)7/h4,6-7H,1H3. The lowest BCUT2D eigenvalue weighted by molar-refractivity contribution is -0.00649. The van der Waals surface area contributed by atoms with Gasteiger partial charge in [0.1, 0.15) is 5.94 Å². The van der Waals surface area contributed by atoms with Crippen molar-refractivity contribution in [2.24, 2.45) is 0 Å². The van der Waals surface area contributed by atoms with E-state index in [4.69, 9.17) is 10.2 Å². The highest BCUT2D eigenvalue weighted by molar-refractivity contribution is 5.51. The van der Waals surface area contributed by atoms with Gasteiger partial charge in [-0.05, 0) is 6.92 Å². The number of rotatable bonds is 1. The van der Waals surface area contributed by atoms with Gasteiger partial charge in [-0.3, -0.25) is 0 Å². The Bertz CT molecular complexity index is 99.5. The highest BCUT2D eigenvalue weighted by Gasteiger charge is 1.97. The fraction of sp³-hybridized carbons (Fsp3) is 0.500. The topological polar surface area (TPSA) is 57.5 Å². The van der Waals surface area contributed by atoms with Crippen molar-refractivity contribution in [3.63, 3.8) is 0 Å². The lowest BCUT2D eigenvalue weighted by Gasteiger charge is -1.93. The van der Waals surface area contributed by atoms with Gasteiger partial charge in [0, 0.05) is 0 Å². The molecule has 0 aliphatic heterocycles. The molecule has 0 aromatic rings. The van der Waals surface area contributed by atoms with E-state index in [0.29, 0.717) is 0 Å². The first-order valence-corrected chi connectivity index (χ1v) is 1.76. The molecule has 0 heterocycles. The van der Waals surface area contributed by atoms with Crippen molar-refractivity contribution in [1.29, 1.82) is 0 Å². The molecule has 0 atom stereocenters. The van der Waals surface area contributed by atoms with E-state index in [2.05, 4.69) is 0 Å². The maximum absolute atomic E-state index is 9.46. The molecular weight excluding hydrogens is 96.0 g/mol. The van der Waals surface area contributed by atoms with Crippen LogP contribution in [0.25, 0.3) is 0 Å². The summed E-state index contributed by atoms with van der Waals surface area (Å²) in [5, 5.41) is 16.2. The summed E-state index contributed by atoms with van der Waals surface area (Å²) < 4.78 is 0. The van der Waals surface area contributed by atoms with E-state index in [1.54, 1.807) is 0 Å². The Morgan fingerprint density at radius 1 is 1.71 bits per heavy atom. The molecule has 0 unspecified atom stereocenters. The number of hydrogen-bond acceptors (Lipinski definition) is 3. The first-order chi connectivity index (χ1) is 3.18. The molecule has 7 heavy (non-hydrogen) atoms. The van der Waals surface area contributed by atoms with Gasteiger partial charge in [0.05, 0.1) is 5.57 Å². The molecule has 3 nitrogen and oxygen atoms in total. The smallest absolute Gasteiger partial charge is 0.184 e. The molecule has 0 amide bonds. The second-order valence-electron chi connectivity index (χ2n) is 1.16. The van der Waals surface area contributed by atoms with Crippen molar-refractivity contribution in [3.05, 3.63) is 5.57 Å². The van der Waals surface area contributed by atoms with Crippen LogP contribution in [0, 0.1) is 0 Å². The van der Waals surface area contributed by atoms with Gasteiger partial charge in [0.15, 0.2) is 6.29 Å². The number of aliphatic hydroxyl groups is 2. The molecule has 0 fully saturated rings. The quantitative estimate of drug-likeness (QED) is 0.332. The average molecular weight is 102 g/mol. The van der Waals surface area contributed by atoms with E-state index in [-0.39, 0.29) is 5.57 Å². The molecule has 2 N–H and O–H groups in total. The zero-order valence-corrected chi connectivity index (χ0v) is 3.88. The van der Waals surface area contributed by atoms with E-state index in [9.17, 15) is 4.79 Å². The van der Waals surface area contributed by atoms with Crippen LogP contribution in [0.15, 0.2) is 5.57 Å². The predicted octanol–water partition coefficient (Wildman–Crippen LogP) is -0.925. The molecule has 0 aromatic heterocycles. The van der Waals surface area contributed by atoms with Crippen LogP contribution in [0.4, 0.5) is 0 Å². The summed E-state index contributed by atoms with van der Waals surface area (Å²) in [7, 11) is 0. The molecule has 40 valence electrons. The molecule has 0 rings (SSSR count). The lowest BCUT2D eigenvalue weighted by Crippen LogP contribution is -2.05. The monoisotopic (exact) mass is 102 g/mol. The summed E-state index contributed by atoms with van der Waals surface area (Å²) in [5.74, 6) is 1.33. The van der Waals surface area contributed by atoms with Gasteiger partial charge in [-0.25, -0.2) is 4.79 Å². The third-order valence-corrected chi connectivity index (χ3v) is 0.548.